The first kappa shape index (κ1) is 15.7. The summed E-state index contributed by atoms with van der Waals surface area (Å²) in [6.45, 7) is 4.00. The molecule has 0 spiro atoms. The molecule has 0 radical (unpaired) electrons. The molecule has 0 saturated carbocycles. The second-order valence-electron chi connectivity index (χ2n) is 3.76. The lowest BCUT2D eigenvalue weighted by molar-refractivity contribution is -0.130. The summed E-state index contributed by atoms with van der Waals surface area (Å²) in [7, 11) is 5.37. The van der Waals surface area contributed by atoms with Crippen molar-refractivity contribution in [2.24, 2.45) is 0 Å². The fourth-order valence-corrected chi connectivity index (χ4v) is 1.47. The number of likely N-dealkylation sites (N-methyl/N-ethyl adjacent to an activating group) is 2. The summed E-state index contributed by atoms with van der Waals surface area (Å²) in [6.07, 6.45) is 0.731. The molecular weight excluding hydrogens is 212 g/mol. The molecule has 0 aliphatic rings. The summed E-state index contributed by atoms with van der Waals surface area (Å²) >= 11 is 0. The van der Waals surface area contributed by atoms with Crippen molar-refractivity contribution in [3.63, 3.8) is 0 Å². The van der Waals surface area contributed by atoms with E-state index in [1.807, 2.05) is 51.2 Å². The molecule has 3 heteroatoms. The molecule has 0 aliphatic carbocycles. The van der Waals surface area contributed by atoms with Gasteiger partial charge in [0.25, 0.3) is 0 Å². The lowest BCUT2D eigenvalue weighted by atomic mass is 10.1. The Morgan fingerprint density at radius 3 is 2.18 bits per heavy atom. The van der Waals surface area contributed by atoms with Gasteiger partial charge in [0, 0.05) is 14.1 Å². The van der Waals surface area contributed by atoms with Crippen LogP contribution < -0.4 is 5.32 Å². The number of carbonyl (C=O) groups is 1. The number of hydrogen-bond acceptors (Lipinski definition) is 2. The van der Waals surface area contributed by atoms with Gasteiger partial charge in [-0.25, -0.2) is 0 Å². The highest BCUT2D eigenvalue weighted by atomic mass is 16.2. The molecule has 96 valence electrons. The summed E-state index contributed by atoms with van der Waals surface area (Å²) in [5.41, 5.74) is 1.17. The maximum absolute atomic E-state index is 11.7. The van der Waals surface area contributed by atoms with E-state index in [1.54, 1.807) is 19.0 Å². The summed E-state index contributed by atoms with van der Waals surface area (Å²) in [6, 6.07) is 9.89. The number of benzene rings is 1. The fraction of sp³-hybridized carbons (Fsp3) is 0.500. The van der Waals surface area contributed by atoms with Gasteiger partial charge in [0.15, 0.2) is 0 Å². The number of carbonyl (C=O) groups excluding carboxylic acids is 1. The minimum Gasteiger partial charge on any atom is -0.347 e. The quantitative estimate of drug-likeness (QED) is 0.866. The molecule has 0 fully saturated rings. The molecule has 1 rings (SSSR count). The van der Waals surface area contributed by atoms with Crippen LogP contribution in [0.15, 0.2) is 30.3 Å². The largest absolute Gasteiger partial charge is 0.347 e. The third kappa shape index (κ3) is 5.50. The second-order valence-corrected chi connectivity index (χ2v) is 3.76. The molecule has 3 nitrogen and oxygen atoms in total. The van der Waals surface area contributed by atoms with Crippen LogP contribution >= 0.6 is 0 Å². The van der Waals surface area contributed by atoms with E-state index in [2.05, 4.69) is 5.32 Å². The van der Waals surface area contributed by atoms with Crippen molar-refractivity contribution in [3.05, 3.63) is 35.9 Å². The number of nitrogens with one attached hydrogen (secondary N) is 1. The van der Waals surface area contributed by atoms with E-state index in [-0.39, 0.29) is 11.9 Å². The zero-order valence-corrected chi connectivity index (χ0v) is 11.5. The molecule has 0 aliphatic heterocycles. The van der Waals surface area contributed by atoms with Crippen LogP contribution in [0.25, 0.3) is 0 Å². The molecule has 0 heterocycles. The summed E-state index contributed by atoms with van der Waals surface area (Å²) in [5.74, 6) is 0.112. The molecule has 1 aromatic rings. The standard InChI is InChI=1S/C12H18N2O.C2H6/c1-13-11(12(15)14(2)3)9-10-7-5-4-6-8-10;1-2/h4-8,11,13H,9H2,1-3H3;1-2H3. The zero-order chi connectivity index (χ0) is 13.3. The van der Waals surface area contributed by atoms with Crippen molar-refractivity contribution < 1.29 is 4.79 Å². The van der Waals surface area contributed by atoms with E-state index in [4.69, 9.17) is 0 Å². The van der Waals surface area contributed by atoms with E-state index in [0.29, 0.717) is 0 Å². The summed E-state index contributed by atoms with van der Waals surface area (Å²) in [4.78, 5) is 13.4. The van der Waals surface area contributed by atoms with Gasteiger partial charge in [-0.3, -0.25) is 4.79 Å². The van der Waals surface area contributed by atoms with Crippen LogP contribution in [-0.2, 0) is 11.2 Å². The van der Waals surface area contributed by atoms with Gasteiger partial charge in [-0.2, -0.15) is 0 Å². The van der Waals surface area contributed by atoms with Crippen LogP contribution in [0.5, 0.6) is 0 Å². The molecule has 0 bridgehead atoms. The highest BCUT2D eigenvalue weighted by Gasteiger charge is 2.17. The Balaban J connectivity index is 0.00000121. The maximum atomic E-state index is 11.7. The minimum absolute atomic E-state index is 0.112. The Morgan fingerprint density at radius 1 is 1.24 bits per heavy atom. The first-order valence-corrected chi connectivity index (χ1v) is 6.07. The van der Waals surface area contributed by atoms with Crippen LogP contribution in [0.3, 0.4) is 0 Å². The first-order chi connectivity index (χ1) is 8.15. The molecule has 0 saturated heterocycles. The van der Waals surface area contributed by atoms with E-state index in [9.17, 15) is 4.79 Å². The van der Waals surface area contributed by atoms with Crippen molar-refractivity contribution in [1.29, 1.82) is 0 Å². The molecule has 1 N–H and O–H groups in total. The van der Waals surface area contributed by atoms with Crippen LogP contribution in [-0.4, -0.2) is 38.0 Å². The van der Waals surface area contributed by atoms with Crippen LogP contribution in [0, 0.1) is 0 Å². The average molecular weight is 236 g/mol. The average Bonchev–Trinajstić information content (AvgIpc) is 2.38. The van der Waals surface area contributed by atoms with Gasteiger partial charge in [-0.15, -0.1) is 0 Å². The lowest BCUT2D eigenvalue weighted by Crippen LogP contribution is -2.43. The topological polar surface area (TPSA) is 32.3 Å². The molecular formula is C14H24N2O. The van der Waals surface area contributed by atoms with Gasteiger partial charge in [-0.05, 0) is 19.0 Å². The number of rotatable bonds is 4. The van der Waals surface area contributed by atoms with Crippen molar-refractivity contribution in [3.8, 4) is 0 Å². The number of hydrogen-bond donors (Lipinski definition) is 1. The van der Waals surface area contributed by atoms with Crippen molar-refractivity contribution in [1.82, 2.24) is 10.2 Å². The third-order valence-corrected chi connectivity index (χ3v) is 2.37. The van der Waals surface area contributed by atoms with Crippen molar-refractivity contribution in [2.45, 2.75) is 26.3 Å². The first-order valence-electron chi connectivity index (χ1n) is 6.07. The van der Waals surface area contributed by atoms with Gasteiger partial charge in [0.05, 0.1) is 6.04 Å². The van der Waals surface area contributed by atoms with Crippen LogP contribution in [0.4, 0.5) is 0 Å². The predicted octanol–water partition coefficient (Wildman–Crippen LogP) is 1.93. The van der Waals surface area contributed by atoms with E-state index >= 15 is 0 Å². The van der Waals surface area contributed by atoms with Gasteiger partial charge in [-0.1, -0.05) is 44.2 Å². The minimum atomic E-state index is -0.137. The molecule has 1 atom stereocenters. The maximum Gasteiger partial charge on any atom is 0.239 e. The van der Waals surface area contributed by atoms with Gasteiger partial charge >= 0.3 is 0 Å². The van der Waals surface area contributed by atoms with E-state index < -0.39 is 0 Å². The van der Waals surface area contributed by atoms with Gasteiger partial charge in [0.2, 0.25) is 5.91 Å². The Labute approximate surface area is 105 Å². The smallest absolute Gasteiger partial charge is 0.239 e. The van der Waals surface area contributed by atoms with Crippen molar-refractivity contribution in [2.75, 3.05) is 21.1 Å². The SMILES string of the molecule is CC.CNC(Cc1ccccc1)C(=O)N(C)C. The Hall–Kier alpha value is -1.35. The lowest BCUT2D eigenvalue weighted by Gasteiger charge is -2.19. The van der Waals surface area contributed by atoms with Gasteiger partial charge < -0.3 is 10.2 Å². The molecule has 17 heavy (non-hydrogen) atoms. The molecule has 1 amide bonds. The Kier molecular flexibility index (Phi) is 8.07. The van der Waals surface area contributed by atoms with Gasteiger partial charge in [0.1, 0.15) is 0 Å². The number of nitrogens with zero attached hydrogens (tertiary/aromatic N) is 1. The normalized spacial score (nSPS) is 11.1. The molecule has 1 unspecified atom stereocenters. The van der Waals surface area contributed by atoms with Crippen LogP contribution in [0.1, 0.15) is 19.4 Å². The van der Waals surface area contributed by atoms with Crippen molar-refractivity contribution >= 4 is 5.91 Å². The zero-order valence-electron chi connectivity index (χ0n) is 11.5. The molecule has 0 aromatic heterocycles. The monoisotopic (exact) mass is 236 g/mol. The highest BCUT2D eigenvalue weighted by molar-refractivity contribution is 5.81. The summed E-state index contributed by atoms with van der Waals surface area (Å²) < 4.78 is 0. The third-order valence-electron chi connectivity index (χ3n) is 2.37. The second kappa shape index (κ2) is 8.76. The fourth-order valence-electron chi connectivity index (χ4n) is 1.47. The van der Waals surface area contributed by atoms with Crippen LogP contribution in [0.2, 0.25) is 0 Å². The highest BCUT2D eigenvalue weighted by Crippen LogP contribution is 2.04. The summed E-state index contributed by atoms with van der Waals surface area (Å²) in [5, 5.41) is 3.04. The molecule has 1 aromatic carbocycles. The van der Waals surface area contributed by atoms with E-state index in [0.717, 1.165) is 6.42 Å². The van der Waals surface area contributed by atoms with E-state index in [1.165, 1.54) is 5.56 Å². The Bertz CT molecular complexity index is 309. The Morgan fingerprint density at radius 2 is 1.76 bits per heavy atom. The predicted molar refractivity (Wildman–Crippen MR) is 73.0 cm³/mol. The number of amides is 1.